The zero-order chi connectivity index (χ0) is 17.7. The Morgan fingerprint density at radius 2 is 1.92 bits per heavy atom. The van der Waals surface area contributed by atoms with Crippen molar-refractivity contribution in [3.63, 3.8) is 0 Å². The second-order valence-corrected chi connectivity index (χ2v) is 5.86. The van der Waals surface area contributed by atoms with Crippen molar-refractivity contribution in [2.45, 2.75) is 39.7 Å². The number of carbonyl (C=O) groups excluding carboxylic acids is 2. The fraction of sp³-hybridized carbons (Fsp3) is 0.368. The molecular weight excluding hydrogens is 304 g/mol. The zero-order valence-corrected chi connectivity index (χ0v) is 14.3. The van der Waals surface area contributed by atoms with Gasteiger partial charge in [-0.1, -0.05) is 37.3 Å². The quantitative estimate of drug-likeness (QED) is 0.683. The van der Waals surface area contributed by atoms with Crippen molar-refractivity contribution < 1.29 is 14.7 Å². The molecule has 1 heterocycles. The van der Waals surface area contributed by atoms with E-state index in [1.54, 1.807) is 6.92 Å². The molecule has 0 fully saturated rings. The number of H-pyrrole nitrogens is 1. The number of rotatable bonds is 7. The van der Waals surface area contributed by atoms with Crippen LogP contribution in [-0.2, 0) is 6.42 Å². The van der Waals surface area contributed by atoms with Crippen molar-refractivity contribution in [3.8, 4) is 0 Å². The largest absolute Gasteiger partial charge is 0.388 e. The third kappa shape index (κ3) is 3.92. The van der Waals surface area contributed by atoms with Crippen LogP contribution >= 0.6 is 0 Å². The summed E-state index contributed by atoms with van der Waals surface area (Å²) in [7, 11) is 0. The standard InChI is InChI=1S/C19H24N2O3/c1-4-15-17(13(3)22)12(2)21-18(15)19(24)20-11-10-16(23)14-8-6-5-7-9-14/h5-9,16,21,23H,4,10-11H2,1-3H3,(H,20,24). The molecule has 1 aromatic heterocycles. The number of hydrogen-bond acceptors (Lipinski definition) is 3. The molecule has 0 aliphatic heterocycles. The Kier molecular flexibility index (Phi) is 5.93. The minimum atomic E-state index is -0.615. The van der Waals surface area contributed by atoms with Crippen LogP contribution in [0.1, 0.15) is 64.0 Å². The second kappa shape index (κ2) is 7.93. The molecule has 0 aliphatic rings. The van der Waals surface area contributed by atoms with Crippen LogP contribution in [-0.4, -0.2) is 28.3 Å². The van der Waals surface area contributed by atoms with Gasteiger partial charge in [-0.05, 0) is 37.8 Å². The number of nitrogens with one attached hydrogen (secondary N) is 2. The van der Waals surface area contributed by atoms with Crippen LogP contribution < -0.4 is 5.32 Å². The summed E-state index contributed by atoms with van der Waals surface area (Å²) >= 11 is 0. The number of aromatic amines is 1. The van der Waals surface area contributed by atoms with Crippen LogP contribution in [0.4, 0.5) is 0 Å². The lowest BCUT2D eigenvalue weighted by Gasteiger charge is -2.11. The average Bonchev–Trinajstić information content (AvgIpc) is 2.92. The van der Waals surface area contributed by atoms with E-state index >= 15 is 0 Å². The molecule has 1 aromatic carbocycles. The predicted molar refractivity (Wildman–Crippen MR) is 93.3 cm³/mol. The van der Waals surface area contributed by atoms with E-state index in [0.717, 1.165) is 11.1 Å². The summed E-state index contributed by atoms with van der Waals surface area (Å²) in [5.74, 6) is -0.290. The smallest absolute Gasteiger partial charge is 0.268 e. The fourth-order valence-corrected chi connectivity index (χ4v) is 2.95. The van der Waals surface area contributed by atoms with Gasteiger partial charge in [0.2, 0.25) is 0 Å². The Bertz CT molecular complexity index is 720. The van der Waals surface area contributed by atoms with Gasteiger partial charge in [0.1, 0.15) is 5.69 Å². The molecule has 1 unspecified atom stereocenters. The Balaban J connectivity index is 2.01. The van der Waals surface area contributed by atoms with Crippen LogP contribution in [0.3, 0.4) is 0 Å². The summed E-state index contributed by atoms with van der Waals surface area (Å²) in [6, 6.07) is 9.35. The van der Waals surface area contributed by atoms with Crippen LogP contribution in [0.2, 0.25) is 0 Å². The minimum absolute atomic E-state index is 0.0425. The molecule has 0 radical (unpaired) electrons. The van der Waals surface area contributed by atoms with Gasteiger partial charge in [-0.15, -0.1) is 0 Å². The zero-order valence-electron chi connectivity index (χ0n) is 14.3. The van der Waals surface area contributed by atoms with E-state index in [4.69, 9.17) is 0 Å². The number of hydrogen-bond donors (Lipinski definition) is 3. The maximum Gasteiger partial charge on any atom is 0.268 e. The average molecular weight is 328 g/mol. The number of amides is 1. The molecule has 2 rings (SSSR count). The van der Waals surface area contributed by atoms with Crippen molar-refractivity contribution in [2.75, 3.05) is 6.54 Å². The molecule has 128 valence electrons. The van der Waals surface area contributed by atoms with Crippen molar-refractivity contribution in [3.05, 3.63) is 58.4 Å². The van der Waals surface area contributed by atoms with Crippen LogP contribution in [0, 0.1) is 6.92 Å². The Labute approximate surface area is 142 Å². The molecule has 5 nitrogen and oxygen atoms in total. The van der Waals surface area contributed by atoms with E-state index in [2.05, 4.69) is 10.3 Å². The third-order valence-electron chi connectivity index (χ3n) is 4.11. The number of aromatic nitrogens is 1. The van der Waals surface area contributed by atoms with Crippen LogP contribution in [0.25, 0.3) is 0 Å². The molecule has 5 heteroatoms. The molecule has 0 saturated heterocycles. The monoisotopic (exact) mass is 328 g/mol. The summed E-state index contributed by atoms with van der Waals surface area (Å²) in [5.41, 5.74) is 3.34. The highest BCUT2D eigenvalue weighted by Crippen LogP contribution is 2.20. The first-order valence-electron chi connectivity index (χ1n) is 8.19. The van der Waals surface area contributed by atoms with Gasteiger partial charge in [0.05, 0.1) is 6.10 Å². The maximum atomic E-state index is 12.4. The Hall–Kier alpha value is -2.40. The first-order chi connectivity index (χ1) is 11.5. The topological polar surface area (TPSA) is 82.2 Å². The number of benzene rings is 1. The number of ketones is 1. The molecule has 0 spiro atoms. The lowest BCUT2D eigenvalue weighted by molar-refractivity contribution is 0.0937. The molecule has 0 bridgehead atoms. The van der Waals surface area contributed by atoms with E-state index in [1.165, 1.54) is 6.92 Å². The number of Topliss-reactive ketones (excluding diaryl/α,β-unsaturated/α-hetero) is 1. The Morgan fingerprint density at radius 3 is 2.50 bits per heavy atom. The maximum absolute atomic E-state index is 12.4. The summed E-state index contributed by atoms with van der Waals surface area (Å²) < 4.78 is 0. The fourth-order valence-electron chi connectivity index (χ4n) is 2.95. The first-order valence-corrected chi connectivity index (χ1v) is 8.19. The number of carbonyl (C=O) groups is 2. The van der Waals surface area contributed by atoms with Gasteiger partial charge in [-0.25, -0.2) is 0 Å². The van der Waals surface area contributed by atoms with E-state index in [1.807, 2.05) is 37.3 Å². The molecule has 0 saturated carbocycles. The van der Waals surface area contributed by atoms with Gasteiger partial charge in [-0.3, -0.25) is 9.59 Å². The second-order valence-electron chi connectivity index (χ2n) is 5.86. The highest BCUT2D eigenvalue weighted by Gasteiger charge is 2.21. The van der Waals surface area contributed by atoms with E-state index < -0.39 is 6.10 Å². The van der Waals surface area contributed by atoms with E-state index in [0.29, 0.717) is 36.3 Å². The van der Waals surface area contributed by atoms with Crippen LogP contribution in [0.15, 0.2) is 30.3 Å². The molecular formula is C19H24N2O3. The van der Waals surface area contributed by atoms with Crippen LogP contribution in [0.5, 0.6) is 0 Å². The molecule has 1 amide bonds. The molecule has 0 aliphatic carbocycles. The lowest BCUT2D eigenvalue weighted by Crippen LogP contribution is -2.27. The van der Waals surface area contributed by atoms with Crippen molar-refractivity contribution in [1.29, 1.82) is 0 Å². The number of aliphatic hydroxyl groups excluding tert-OH is 1. The highest BCUT2D eigenvalue weighted by atomic mass is 16.3. The summed E-state index contributed by atoms with van der Waals surface area (Å²) in [5, 5.41) is 12.9. The SMILES string of the molecule is CCc1c(C(=O)NCCC(O)c2ccccc2)[nH]c(C)c1C(C)=O. The van der Waals surface area contributed by atoms with Gasteiger partial charge < -0.3 is 15.4 Å². The minimum Gasteiger partial charge on any atom is -0.388 e. The predicted octanol–water partition coefficient (Wildman–Crippen LogP) is 2.94. The van der Waals surface area contributed by atoms with Gasteiger partial charge >= 0.3 is 0 Å². The molecule has 24 heavy (non-hydrogen) atoms. The van der Waals surface area contributed by atoms with Gasteiger partial charge in [0, 0.05) is 17.8 Å². The third-order valence-corrected chi connectivity index (χ3v) is 4.11. The van der Waals surface area contributed by atoms with Gasteiger partial charge in [0.25, 0.3) is 5.91 Å². The summed E-state index contributed by atoms with van der Waals surface area (Å²) in [6.45, 7) is 5.58. The highest BCUT2D eigenvalue weighted by molar-refractivity contribution is 6.02. The summed E-state index contributed by atoms with van der Waals surface area (Å²) in [6.07, 6.45) is 0.417. The first kappa shape index (κ1) is 17.9. The lowest BCUT2D eigenvalue weighted by atomic mass is 10.0. The van der Waals surface area contributed by atoms with E-state index in [-0.39, 0.29) is 11.7 Å². The van der Waals surface area contributed by atoms with Crippen molar-refractivity contribution >= 4 is 11.7 Å². The van der Waals surface area contributed by atoms with Gasteiger partial charge in [-0.2, -0.15) is 0 Å². The van der Waals surface area contributed by atoms with Gasteiger partial charge in [0.15, 0.2) is 5.78 Å². The molecule has 1 atom stereocenters. The number of aryl methyl sites for hydroxylation is 1. The Morgan fingerprint density at radius 1 is 1.25 bits per heavy atom. The van der Waals surface area contributed by atoms with Crippen molar-refractivity contribution in [2.24, 2.45) is 0 Å². The number of aliphatic hydroxyl groups is 1. The molecule has 2 aromatic rings. The van der Waals surface area contributed by atoms with E-state index in [9.17, 15) is 14.7 Å². The summed E-state index contributed by atoms with van der Waals surface area (Å²) in [4.78, 5) is 27.2. The normalized spacial score (nSPS) is 12.0. The van der Waals surface area contributed by atoms with Crippen molar-refractivity contribution in [1.82, 2.24) is 10.3 Å². The molecule has 3 N–H and O–H groups in total.